The van der Waals surface area contributed by atoms with Gasteiger partial charge in [-0.2, -0.15) is 0 Å². The van der Waals surface area contributed by atoms with Crippen LogP contribution in [0.1, 0.15) is 6.92 Å². The summed E-state index contributed by atoms with van der Waals surface area (Å²) < 4.78 is 5.46. The number of para-hydroxylation sites is 2. The predicted octanol–water partition coefficient (Wildman–Crippen LogP) is 1.45. The molecule has 0 spiro atoms. The first-order valence-corrected chi connectivity index (χ1v) is 4.29. The van der Waals surface area contributed by atoms with Gasteiger partial charge in [0.2, 0.25) is 0 Å². The van der Waals surface area contributed by atoms with Crippen molar-refractivity contribution in [2.75, 3.05) is 5.32 Å². The summed E-state index contributed by atoms with van der Waals surface area (Å²) in [5.41, 5.74) is 0.952. The molecule has 1 aliphatic rings. The zero-order valence-electron chi connectivity index (χ0n) is 7.36. The largest absolute Gasteiger partial charge is 0.479 e. The second-order valence-corrected chi connectivity index (χ2v) is 3.15. The first-order valence-electron chi connectivity index (χ1n) is 4.29. The molecule has 0 fully saturated rings. The van der Waals surface area contributed by atoms with Crippen LogP contribution in [0.3, 0.4) is 0 Å². The van der Waals surface area contributed by atoms with Gasteiger partial charge in [0.25, 0.3) is 0 Å². The quantitative estimate of drug-likeness (QED) is 0.660. The Morgan fingerprint density at radius 3 is 3.00 bits per heavy atom. The minimum absolute atomic E-state index is 0.0346. The average Bonchev–Trinajstić information content (AvgIpc) is 2.17. The van der Waals surface area contributed by atoms with Gasteiger partial charge < -0.3 is 10.1 Å². The summed E-state index contributed by atoms with van der Waals surface area (Å²) in [5.74, 6) is 0.748. The summed E-state index contributed by atoms with van der Waals surface area (Å²) in [5, 5.41) is 3.20. The molecular weight excluding hydrogens is 166 g/mol. The van der Waals surface area contributed by atoms with Crippen LogP contribution in [-0.2, 0) is 4.79 Å². The Kier molecular flexibility index (Phi) is 1.93. The Hall–Kier alpha value is -1.51. The van der Waals surface area contributed by atoms with Crippen molar-refractivity contribution in [2.24, 2.45) is 0 Å². The number of anilines is 1. The zero-order valence-corrected chi connectivity index (χ0v) is 7.36. The molecule has 68 valence electrons. The van der Waals surface area contributed by atoms with E-state index in [1.807, 2.05) is 31.2 Å². The second-order valence-electron chi connectivity index (χ2n) is 3.15. The van der Waals surface area contributed by atoms with Crippen molar-refractivity contribution in [1.29, 1.82) is 0 Å². The van der Waals surface area contributed by atoms with Crippen molar-refractivity contribution in [3.05, 3.63) is 24.3 Å². The Balaban J connectivity index is 2.32. The summed E-state index contributed by atoms with van der Waals surface area (Å²) in [4.78, 5) is 10.6. The molecule has 1 aromatic rings. The van der Waals surface area contributed by atoms with Crippen LogP contribution in [0.5, 0.6) is 5.75 Å². The highest BCUT2D eigenvalue weighted by Gasteiger charge is 2.24. The third-order valence-corrected chi connectivity index (χ3v) is 2.16. The molecule has 2 unspecified atom stereocenters. The SMILES string of the molecule is CC1Nc2ccccc2OC1C=O. The van der Waals surface area contributed by atoms with E-state index in [0.717, 1.165) is 17.7 Å². The van der Waals surface area contributed by atoms with Crippen LogP contribution in [0.15, 0.2) is 24.3 Å². The van der Waals surface area contributed by atoms with Gasteiger partial charge in [-0.3, -0.25) is 4.79 Å². The standard InChI is InChI=1S/C10H11NO2/c1-7-10(6-12)13-9-5-3-2-4-8(9)11-7/h2-7,10-11H,1H3. The highest BCUT2D eigenvalue weighted by atomic mass is 16.5. The molecule has 0 amide bonds. The lowest BCUT2D eigenvalue weighted by Crippen LogP contribution is -2.40. The van der Waals surface area contributed by atoms with E-state index in [9.17, 15) is 4.79 Å². The second kappa shape index (κ2) is 3.09. The molecule has 0 saturated heterocycles. The van der Waals surface area contributed by atoms with Gasteiger partial charge in [-0.15, -0.1) is 0 Å². The van der Waals surface area contributed by atoms with Crippen molar-refractivity contribution in [1.82, 2.24) is 0 Å². The van der Waals surface area contributed by atoms with E-state index >= 15 is 0 Å². The summed E-state index contributed by atoms with van der Waals surface area (Å²) in [6.45, 7) is 1.93. The van der Waals surface area contributed by atoms with Gasteiger partial charge in [0.05, 0.1) is 11.7 Å². The monoisotopic (exact) mass is 177 g/mol. The third kappa shape index (κ3) is 1.37. The van der Waals surface area contributed by atoms with Crippen LogP contribution in [-0.4, -0.2) is 18.4 Å². The minimum Gasteiger partial charge on any atom is -0.479 e. The van der Waals surface area contributed by atoms with Gasteiger partial charge in [0.15, 0.2) is 12.4 Å². The Bertz CT molecular complexity index is 324. The number of aldehydes is 1. The van der Waals surface area contributed by atoms with Crippen molar-refractivity contribution in [3.8, 4) is 5.75 Å². The molecular formula is C10H11NO2. The molecule has 0 aromatic heterocycles. The number of hydrogen-bond donors (Lipinski definition) is 1. The van der Waals surface area contributed by atoms with Gasteiger partial charge in [0.1, 0.15) is 5.75 Å². The van der Waals surface area contributed by atoms with Gasteiger partial charge in [0, 0.05) is 0 Å². The predicted molar refractivity (Wildman–Crippen MR) is 50.0 cm³/mol. The number of carbonyl (C=O) groups is 1. The molecule has 0 radical (unpaired) electrons. The maximum Gasteiger partial charge on any atom is 0.173 e. The summed E-state index contributed by atoms with van der Waals surface area (Å²) in [7, 11) is 0. The Morgan fingerprint density at radius 1 is 1.46 bits per heavy atom. The number of ether oxygens (including phenoxy) is 1. The first kappa shape index (κ1) is 8.10. The number of hydrogen-bond acceptors (Lipinski definition) is 3. The lowest BCUT2D eigenvalue weighted by Gasteiger charge is -2.29. The molecule has 1 N–H and O–H groups in total. The molecule has 13 heavy (non-hydrogen) atoms. The van der Waals surface area contributed by atoms with Crippen LogP contribution in [0.4, 0.5) is 5.69 Å². The molecule has 0 bridgehead atoms. The Labute approximate surface area is 76.7 Å². The van der Waals surface area contributed by atoms with Crippen molar-refractivity contribution in [3.63, 3.8) is 0 Å². The number of fused-ring (bicyclic) bond motifs is 1. The summed E-state index contributed by atoms with van der Waals surface area (Å²) in [6, 6.07) is 7.64. The van der Waals surface area contributed by atoms with Gasteiger partial charge >= 0.3 is 0 Å². The maximum atomic E-state index is 10.6. The van der Waals surface area contributed by atoms with Crippen molar-refractivity contribution < 1.29 is 9.53 Å². The fourth-order valence-corrected chi connectivity index (χ4v) is 1.41. The molecule has 1 aliphatic heterocycles. The first-order chi connectivity index (χ1) is 6.31. The molecule has 1 heterocycles. The smallest absolute Gasteiger partial charge is 0.173 e. The average molecular weight is 177 g/mol. The Morgan fingerprint density at radius 2 is 2.23 bits per heavy atom. The van der Waals surface area contributed by atoms with E-state index in [0.29, 0.717) is 0 Å². The molecule has 0 saturated carbocycles. The van der Waals surface area contributed by atoms with Crippen LogP contribution in [0.2, 0.25) is 0 Å². The fraction of sp³-hybridized carbons (Fsp3) is 0.300. The van der Waals surface area contributed by atoms with E-state index in [4.69, 9.17) is 4.74 Å². The van der Waals surface area contributed by atoms with Gasteiger partial charge in [-0.25, -0.2) is 0 Å². The molecule has 3 nitrogen and oxygen atoms in total. The number of benzene rings is 1. The summed E-state index contributed by atoms with van der Waals surface area (Å²) >= 11 is 0. The van der Waals surface area contributed by atoms with Gasteiger partial charge in [-0.05, 0) is 19.1 Å². The van der Waals surface area contributed by atoms with E-state index in [1.54, 1.807) is 0 Å². The van der Waals surface area contributed by atoms with E-state index in [-0.39, 0.29) is 12.1 Å². The van der Waals surface area contributed by atoms with E-state index in [1.165, 1.54) is 0 Å². The normalized spacial score (nSPS) is 25.3. The van der Waals surface area contributed by atoms with E-state index in [2.05, 4.69) is 5.32 Å². The van der Waals surface area contributed by atoms with Crippen LogP contribution >= 0.6 is 0 Å². The number of rotatable bonds is 1. The number of carbonyl (C=O) groups excluding carboxylic acids is 1. The molecule has 1 aromatic carbocycles. The highest BCUT2D eigenvalue weighted by Crippen LogP contribution is 2.29. The summed E-state index contributed by atoms with van der Waals surface area (Å²) in [6.07, 6.45) is 0.447. The highest BCUT2D eigenvalue weighted by molar-refractivity contribution is 5.66. The zero-order chi connectivity index (χ0) is 9.26. The van der Waals surface area contributed by atoms with Crippen molar-refractivity contribution in [2.45, 2.75) is 19.1 Å². The van der Waals surface area contributed by atoms with Crippen molar-refractivity contribution >= 4 is 12.0 Å². The van der Waals surface area contributed by atoms with Crippen LogP contribution < -0.4 is 10.1 Å². The van der Waals surface area contributed by atoms with Crippen LogP contribution in [0.25, 0.3) is 0 Å². The lowest BCUT2D eigenvalue weighted by atomic mass is 10.1. The van der Waals surface area contributed by atoms with E-state index < -0.39 is 0 Å². The molecule has 2 atom stereocenters. The third-order valence-electron chi connectivity index (χ3n) is 2.16. The maximum absolute atomic E-state index is 10.6. The molecule has 0 aliphatic carbocycles. The van der Waals surface area contributed by atoms with Gasteiger partial charge in [-0.1, -0.05) is 12.1 Å². The topological polar surface area (TPSA) is 38.3 Å². The molecule has 2 rings (SSSR count). The minimum atomic E-state index is -0.380. The number of nitrogens with one attached hydrogen (secondary N) is 1. The lowest BCUT2D eigenvalue weighted by molar-refractivity contribution is -0.114. The molecule has 3 heteroatoms. The fourth-order valence-electron chi connectivity index (χ4n) is 1.41. The van der Waals surface area contributed by atoms with Crippen LogP contribution in [0, 0.1) is 0 Å².